The Bertz CT molecular complexity index is 556. The van der Waals surface area contributed by atoms with E-state index in [1.165, 1.54) is 9.80 Å². The Labute approximate surface area is 117 Å². The summed E-state index contributed by atoms with van der Waals surface area (Å²) in [5.74, 6) is -0.431. The number of piperazine rings is 1. The average Bonchev–Trinajstić information content (AvgIpc) is 2.43. The van der Waals surface area contributed by atoms with Crippen LogP contribution in [-0.2, 0) is 9.59 Å². The van der Waals surface area contributed by atoms with Crippen LogP contribution < -0.4 is 10.2 Å². The molecule has 1 aromatic rings. The number of carbonyl (C=O) groups excluding carboxylic acids is 3. The van der Waals surface area contributed by atoms with E-state index in [1.54, 1.807) is 38.4 Å². The smallest absolute Gasteiger partial charge is 0.247 e. The lowest BCUT2D eigenvalue weighted by Crippen LogP contribution is -2.52. The van der Waals surface area contributed by atoms with E-state index in [0.717, 1.165) is 0 Å². The topological polar surface area (TPSA) is 69.7 Å². The summed E-state index contributed by atoms with van der Waals surface area (Å²) in [6.45, 7) is 0.194. The summed E-state index contributed by atoms with van der Waals surface area (Å²) in [4.78, 5) is 38.7. The zero-order chi connectivity index (χ0) is 14.7. The van der Waals surface area contributed by atoms with E-state index in [-0.39, 0.29) is 37.2 Å². The van der Waals surface area contributed by atoms with Gasteiger partial charge in [-0.1, -0.05) is 12.1 Å². The number of carbonyl (C=O) groups is 3. The predicted molar refractivity (Wildman–Crippen MR) is 74.7 cm³/mol. The van der Waals surface area contributed by atoms with Crippen molar-refractivity contribution >= 4 is 23.3 Å². The van der Waals surface area contributed by atoms with Crippen LogP contribution in [0.1, 0.15) is 10.4 Å². The molecule has 0 unspecified atom stereocenters. The van der Waals surface area contributed by atoms with E-state index >= 15 is 0 Å². The second kappa shape index (κ2) is 5.83. The van der Waals surface area contributed by atoms with Crippen molar-refractivity contribution in [2.45, 2.75) is 0 Å². The number of hydrogen-bond donors (Lipinski definition) is 1. The van der Waals surface area contributed by atoms with Crippen molar-refractivity contribution < 1.29 is 14.4 Å². The SMILES string of the molecule is CNCC(=O)c1ccccc1N1CC(=O)N(C)CC1=O. The third-order valence-electron chi connectivity index (χ3n) is 3.23. The number of nitrogens with one attached hydrogen (secondary N) is 1. The van der Waals surface area contributed by atoms with Crippen LogP contribution >= 0.6 is 0 Å². The summed E-state index contributed by atoms with van der Waals surface area (Å²) in [5.41, 5.74) is 0.951. The molecule has 20 heavy (non-hydrogen) atoms. The van der Waals surface area contributed by atoms with Crippen molar-refractivity contribution in [2.75, 3.05) is 38.6 Å². The third-order valence-corrected chi connectivity index (χ3v) is 3.23. The lowest BCUT2D eigenvalue weighted by Gasteiger charge is -2.32. The Morgan fingerprint density at radius 2 is 1.90 bits per heavy atom. The van der Waals surface area contributed by atoms with Crippen molar-refractivity contribution in [3.8, 4) is 0 Å². The number of ketones is 1. The summed E-state index contributed by atoms with van der Waals surface area (Å²) in [6.07, 6.45) is 0. The van der Waals surface area contributed by atoms with Crippen molar-refractivity contribution in [3.05, 3.63) is 29.8 Å². The predicted octanol–water partition coefficient (Wildman–Crippen LogP) is -0.106. The number of hydrogen-bond acceptors (Lipinski definition) is 4. The molecular weight excluding hydrogens is 258 g/mol. The molecule has 1 fully saturated rings. The fourth-order valence-electron chi connectivity index (χ4n) is 2.14. The lowest BCUT2D eigenvalue weighted by atomic mass is 10.1. The molecule has 0 saturated carbocycles. The summed E-state index contributed by atoms with van der Waals surface area (Å²) >= 11 is 0. The summed E-state index contributed by atoms with van der Waals surface area (Å²) in [7, 11) is 3.28. The minimum atomic E-state index is -0.184. The van der Waals surface area contributed by atoms with Gasteiger partial charge in [-0.3, -0.25) is 14.4 Å². The van der Waals surface area contributed by atoms with Gasteiger partial charge in [-0.15, -0.1) is 0 Å². The van der Waals surface area contributed by atoms with Crippen LogP contribution in [0.15, 0.2) is 24.3 Å². The number of amides is 2. The van der Waals surface area contributed by atoms with Gasteiger partial charge in [0, 0.05) is 12.6 Å². The van der Waals surface area contributed by atoms with Crippen molar-refractivity contribution in [3.63, 3.8) is 0 Å². The van der Waals surface area contributed by atoms with E-state index in [1.807, 2.05) is 0 Å². The molecule has 1 aliphatic rings. The first-order chi connectivity index (χ1) is 9.54. The van der Waals surface area contributed by atoms with E-state index < -0.39 is 0 Å². The minimum Gasteiger partial charge on any atom is -0.335 e. The summed E-state index contributed by atoms with van der Waals surface area (Å²) in [6, 6.07) is 6.86. The Kier molecular flexibility index (Phi) is 4.14. The molecule has 1 heterocycles. The molecule has 0 aromatic heterocycles. The van der Waals surface area contributed by atoms with E-state index in [4.69, 9.17) is 0 Å². The van der Waals surface area contributed by atoms with Crippen LogP contribution in [0.25, 0.3) is 0 Å². The first-order valence-corrected chi connectivity index (χ1v) is 6.35. The Morgan fingerprint density at radius 1 is 1.20 bits per heavy atom. The summed E-state index contributed by atoms with van der Waals surface area (Å²) < 4.78 is 0. The molecule has 106 valence electrons. The standard InChI is InChI=1S/C14H17N3O3/c1-15-7-12(18)10-5-3-4-6-11(10)17-9-13(19)16(2)8-14(17)20/h3-6,15H,7-9H2,1-2H3. The average molecular weight is 275 g/mol. The highest BCUT2D eigenvalue weighted by atomic mass is 16.2. The Balaban J connectivity index is 2.35. The second-order valence-corrected chi connectivity index (χ2v) is 4.70. The molecule has 6 heteroatoms. The number of anilines is 1. The van der Waals surface area contributed by atoms with Crippen molar-refractivity contribution in [1.29, 1.82) is 0 Å². The fourth-order valence-corrected chi connectivity index (χ4v) is 2.14. The summed E-state index contributed by atoms with van der Waals surface area (Å²) in [5, 5.41) is 2.79. The van der Waals surface area contributed by atoms with Gasteiger partial charge in [0.1, 0.15) is 6.54 Å². The third kappa shape index (κ3) is 2.70. The minimum absolute atomic E-state index is 0.0286. The van der Waals surface area contributed by atoms with Gasteiger partial charge in [0.05, 0.1) is 18.8 Å². The van der Waals surface area contributed by atoms with E-state index in [2.05, 4.69) is 5.32 Å². The molecule has 1 N–H and O–H groups in total. The lowest BCUT2D eigenvalue weighted by molar-refractivity contribution is -0.136. The number of rotatable bonds is 4. The molecule has 6 nitrogen and oxygen atoms in total. The normalized spacial score (nSPS) is 15.7. The fraction of sp³-hybridized carbons (Fsp3) is 0.357. The number of para-hydroxylation sites is 1. The van der Waals surface area contributed by atoms with Gasteiger partial charge in [-0.05, 0) is 19.2 Å². The highest BCUT2D eigenvalue weighted by molar-refractivity contribution is 6.10. The largest absolute Gasteiger partial charge is 0.335 e. The molecule has 2 amide bonds. The van der Waals surface area contributed by atoms with Crippen LogP contribution in [0.2, 0.25) is 0 Å². The first-order valence-electron chi connectivity index (χ1n) is 6.35. The molecule has 0 atom stereocenters. The quantitative estimate of drug-likeness (QED) is 0.779. The van der Waals surface area contributed by atoms with E-state index in [9.17, 15) is 14.4 Å². The highest BCUT2D eigenvalue weighted by Gasteiger charge is 2.30. The number of nitrogens with zero attached hydrogens (tertiary/aromatic N) is 2. The van der Waals surface area contributed by atoms with Crippen LogP contribution in [0, 0.1) is 0 Å². The van der Waals surface area contributed by atoms with Crippen LogP contribution in [0.4, 0.5) is 5.69 Å². The number of likely N-dealkylation sites (N-methyl/N-ethyl adjacent to an activating group) is 2. The highest BCUT2D eigenvalue weighted by Crippen LogP contribution is 2.23. The monoisotopic (exact) mass is 275 g/mol. The molecule has 2 rings (SSSR count). The maximum absolute atomic E-state index is 12.1. The Hall–Kier alpha value is -2.21. The molecule has 1 saturated heterocycles. The van der Waals surface area contributed by atoms with Crippen LogP contribution in [-0.4, -0.2) is 56.2 Å². The van der Waals surface area contributed by atoms with Crippen LogP contribution in [0.3, 0.4) is 0 Å². The maximum Gasteiger partial charge on any atom is 0.247 e. The van der Waals surface area contributed by atoms with Crippen LogP contribution in [0.5, 0.6) is 0 Å². The zero-order valence-electron chi connectivity index (χ0n) is 11.5. The number of benzene rings is 1. The zero-order valence-corrected chi connectivity index (χ0v) is 11.5. The maximum atomic E-state index is 12.1. The van der Waals surface area contributed by atoms with Gasteiger partial charge in [-0.25, -0.2) is 0 Å². The second-order valence-electron chi connectivity index (χ2n) is 4.70. The molecule has 0 radical (unpaired) electrons. The molecule has 1 aliphatic heterocycles. The van der Waals surface area contributed by atoms with Crippen molar-refractivity contribution in [1.82, 2.24) is 10.2 Å². The first kappa shape index (κ1) is 14.2. The van der Waals surface area contributed by atoms with E-state index in [0.29, 0.717) is 11.3 Å². The van der Waals surface area contributed by atoms with Gasteiger partial charge in [0.25, 0.3) is 0 Å². The van der Waals surface area contributed by atoms with Gasteiger partial charge >= 0.3 is 0 Å². The molecule has 0 spiro atoms. The Morgan fingerprint density at radius 3 is 2.60 bits per heavy atom. The molecule has 0 aliphatic carbocycles. The molecular formula is C14H17N3O3. The van der Waals surface area contributed by atoms with Gasteiger partial charge in [0.2, 0.25) is 11.8 Å². The molecule has 0 bridgehead atoms. The van der Waals surface area contributed by atoms with Gasteiger partial charge in [0.15, 0.2) is 5.78 Å². The van der Waals surface area contributed by atoms with Gasteiger partial charge in [-0.2, -0.15) is 0 Å². The number of Topliss-reactive ketones (excluding diaryl/α,β-unsaturated/α-hetero) is 1. The van der Waals surface area contributed by atoms with Crippen molar-refractivity contribution in [2.24, 2.45) is 0 Å². The molecule has 1 aromatic carbocycles. The van der Waals surface area contributed by atoms with Gasteiger partial charge < -0.3 is 15.1 Å².